The average molecular weight is 463 g/mol. The molecule has 8 nitrogen and oxygen atoms in total. The molecule has 1 saturated heterocycles. The molecule has 0 bridgehead atoms. The van der Waals surface area contributed by atoms with Crippen LogP contribution < -0.4 is 16.0 Å². The minimum atomic E-state index is -3.20. The van der Waals surface area contributed by atoms with E-state index in [4.69, 9.17) is 0 Å². The van der Waals surface area contributed by atoms with Crippen molar-refractivity contribution in [2.24, 2.45) is 5.92 Å². The van der Waals surface area contributed by atoms with E-state index in [1.54, 1.807) is 0 Å². The van der Waals surface area contributed by atoms with Crippen LogP contribution in [-0.4, -0.2) is 54.6 Å². The van der Waals surface area contributed by atoms with E-state index >= 15 is 0 Å². The fourth-order valence-electron chi connectivity index (χ4n) is 4.44. The van der Waals surface area contributed by atoms with E-state index in [0.717, 1.165) is 24.8 Å². The number of aromatic nitrogens is 2. The highest BCUT2D eigenvalue weighted by molar-refractivity contribution is 7.88. The second-order valence-corrected chi connectivity index (χ2v) is 10.9. The molecule has 2 aliphatic heterocycles. The highest BCUT2D eigenvalue weighted by Gasteiger charge is 2.26. The Hall–Kier alpha value is -2.30. The zero-order valence-electron chi connectivity index (χ0n) is 18.7. The van der Waals surface area contributed by atoms with Crippen LogP contribution in [0.15, 0.2) is 24.4 Å². The summed E-state index contributed by atoms with van der Waals surface area (Å²) in [6, 6.07) is 6.50. The first-order valence-corrected chi connectivity index (χ1v) is 12.9. The van der Waals surface area contributed by atoms with Gasteiger partial charge in [0.2, 0.25) is 16.0 Å². The van der Waals surface area contributed by atoms with Gasteiger partial charge in [-0.1, -0.05) is 19.9 Å². The molecule has 0 radical (unpaired) electrons. The second kappa shape index (κ2) is 9.29. The maximum atomic E-state index is 14.4. The maximum absolute atomic E-state index is 14.4. The van der Waals surface area contributed by atoms with E-state index < -0.39 is 15.8 Å². The number of hydrogen-bond donors (Lipinski definition) is 3. The van der Waals surface area contributed by atoms with Crippen LogP contribution in [0, 0.1) is 11.7 Å². The molecule has 0 spiro atoms. The highest BCUT2D eigenvalue weighted by atomic mass is 32.2. The first-order chi connectivity index (χ1) is 15.2. The molecule has 0 saturated carbocycles. The molecule has 2 aromatic rings. The molecule has 3 N–H and O–H groups in total. The zero-order chi connectivity index (χ0) is 22.9. The van der Waals surface area contributed by atoms with Crippen LogP contribution in [0.5, 0.6) is 0 Å². The van der Waals surface area contributed by atoms with Crippen LogP contribution >= 0.6 is 0 Å². The van der Waals surface area contributed by atoms with E-state index in [-0.39, 0.29) is 11.9 Å². The van der Waals surface area contributed by atoms with E-state index in [1.807, 2.05) is 6.07 Å². The molecular weight excluding hydrogens is 431 g/mol. The van der Waals surface area contributed by atoms with Crippen molar-refractivity contribution < 1.29 is 12.8 Å². The van der Waals surface area contributed by atoms with Crippen molar-refractivity contribution in [3.63, 3.8) is 0 Å². The zero-order valence-corrected chi connectivity index (χ0v) is 19.5. The van der Waals surface area contributed by atoms with Gasteiger partial charge in [0.1, 0.15) is 0 Å². The minimum absolute atomic E-state index is 0.0492. The van der Waals surface area contributed by atoms with Crippen molar-refractivity contribution in [1.29, 1.82) is 0 Å². The molecule has 0 aliphatic carbocycles. The van der Waals surface area contributed by atoms with Crippen molar-refractivity contribution in [3.8, 4) is 0 Å². The minimum Gasteiger partial charge on any atom is -0.365 e. The maximum Gasteiger partial charge on any atom is 0.229 e. The monoisotopic (exact) mass is 462 g/mol. The summed E-state index contributed by atoms with van der Waals surface area (Å²) in [6.07, 6.45) is 4.54. The summed E-state index contributed by atoms with van der Waals surface area (Å²) < 4.78 is 39.2. The fourth-order valence-corrected chi connectivity index (χ4v) is 5.31. The summed E-state index contributed by atoms with van der Waals surface area (Å²) in [4.78, 5) is 8.44. The molecule has 1 aromatic carbocycles. The van der Waals surface area contributed by atoms with Crippen molar-refractivity contribution in [1.82, 2.24) is 19.6 Å². The molecule has 174 valence electrons. The lowest BCUT2D eigenvalue weighted by atomic mass is 9.87. The van der Waals surface area contributed by atoms with Crippen LogP contribution in [0.4, 0.5) is 21.8 Å². The normalized spacial score (nSPS) is 20.2. The predicted molar refractivity (Wildman–Crippen MR) is 124 cm³/mol. The molecule has 3 heterocycles. The third kappa shape index (κ3) is 5.19. The van der Waals surface area contributed by atoms with E-state index in [9.17, 15) is 12.8 Å². The smallest absolute Gasteiger partial charge is 0.229 e. The van der Waals surface area contributed by atoms with Crippen LogP contribution in [0.25, 0.3) is 0 Å². The van der Waals surface area contributed by atoms with Crippen molar-refractivity contribution >= 4 is 27.5 Å². The summed E-state index contributed by atoms with van der Waals surface area (Å²) >= 11 is 0. The molecule has 1 atom stereocenters. The van der Waals surface area contributed by atoms with E-state index in [2.05, 4.69) is 51.9 Å². The summed E-state index contributed by atoms with van der Waals surface area (Å²) in [5, 5.41) is 9.90. The van der Waals surface area contributed by atoms with Crippen LogP contribution in [0.3, 0.4) is 0 Å². The third-order valence-corrected chi connectivity index (χ3v) is 7.47. The number of piperidine rings is 1. The van der Waals surface area contributed by atoms with Crippen LogP contribution in [0.2, 0.25) is 0 Å². The van der Waals surface area contributed by atoms with Gasteiger partial charge in [-0.05, 0) is 55.0 Å². The van der Waals surface area contributed by atoms with Gasteiger partial charge in [-0.3, -0.25) is 0 Å². The van der Waals surface area contributed by atoms with E-state index in [0.29, 0.717) is 43.8 Å². The first kappa shape index (κ1) is 22.9. The van der Waals surface area contributed by atoms with Crippen molar-refractivity contribution in [2.45, 2.75) is 45.2 Å². The predicted octanol–water partition coefficient (Wildman–Crippen LogP) is 3.04. The van der Waals surface area contributed by atoms with Gasteiger partial charge in [-0.2, -0.15) is 4.98 Å². The van der Waals surface area contributed by atoms with Crippen molar-refractivity contribution in [3.05, 3.63) is 41.3 Å². The molecule has 1 aromatic heterocycles. The molecule has 4 rings (SSSR count). The molecule has 1 fully saturated rings. The lowest BCUT2D eigenvalue weighted by molar-refractivity contribution is 0.331. The number of hydrogen-bond acceptors (Lipinski definition) is 7. The van der Waals surface area contributed by atoms with Gasteiger partial charge in [-0.15, -0.1) is 0 Å². The van der Waals surface area contributed by atoms with Crippen LogP contribution in [-0.2, 0) is 16.4 Å². The van der Waals surface area contributed by atoms with Crippen LogP contribution in [0.1, 0.15) is 43.9 Å². The number of rotatable bonds is 6. The van der Waals surface area contributed by atoms with Gasteiger partial charge in [0.25, 0.3) is 0 Å². The fraction of sp³-hybridized carbons (Fsp3) is 0.545. The van der Waals surface area contributed by atoms with Gasteiger partial charge >= 0.3 is 0 Å². The largest absolute Gasteiger partial charge is 0.365 e. The first-order valence-electron chi connectivity index (χ1n) is 11.1. The summed E-state index contributed by atoms with van der Waals surface area (Å²) in [7, 11) is -3.20. The SMILES string of the molecule is CC(C)C1NCCc2ccc(Nc3ncc(F)c(NC4CCN(S(C)(=O)=O)CC4)n3)cc21. The quantitative estimate of drug-likeness (QED) is 0.607. The molecule has 32 heavy (non-hydrogen) atoms. The number of benzene rings is 1. The molecule has 10 heteroatoms. The Morgan fingerprint density at radius 3 is 2.69 bits per heavy atom. The van der Waals surface area contributed by atoms with E-state index in [1.165, 1.54) is 21.7 Å². The third-order valence-electron chi connectivity index (χ3n) is 6.17. The lowest BCUT2D eigenvalue weighted by Gasteiger charge is -2.31. The Balaban J connectivity index is 1.46. The lowest BCUT2D eigenvalue weighted by Crippen LogP contribution is -2.42. The molecule has 0 amide bonds. The highest BCUT2D eigenvalue weighted by Crippen LogP contribution is 2.31. The van der Waals surface area contributed by atoms with Crippen molar-refractivity contribution in [2.75, 3.05) is 36.5 Å². The average Bonchev–Trinajstić information content (AvgIpc) is 2.75. The van der Waals surface area contributed by atoms with Gasteiger partial charge in [0, 0.05) is 30.9 Å². The standard InChI is InChI=1S/C22H31FN6O2S/c1-14(2)20-18-12-17(5-4-15(18)6-9-24-20)27-22-25-13-19(23)21(28-22)26-16-7-10-29(11-8-16)32(3,30)31/h4-5,12-14,16,20,24H,6-11H2,1-3H3,(H2,25,26,27,28). The topological polar surface area (TPSA) is 99.3 Å². The Morgan fingerprint density at radius 2 is 2.00 bits per heavy atom. The second-order valence-electron chi connectivity index (χ2n) is 8.94. The van der Waals surface area contributed by atoms with Gasteiger partial charge in [0.15, 0.2) is 11.6 Å². The number of anilines is 3. The molecule has 1 unspecified atom stereocenters. The number of fused-ring (bicyclic) bond motifs is 1. The molecular formula is C22H31FN6O2S. The number of halogens is 1. The van der Waals surface area contributed by atoms with Gasteiger partial charge in [0.05, 0.1) is 12.5 Å². The summed E-state index contributed by atoms with van der Waals surface area (Å²) in [5.74, 6) is 0.374. The summed E-state index contributed by atoms with van der Waals surface area (Å²) in [5.41, 5.74) is 3.47. The van der Waals surface area contributed by atoms with Gasteiger partial charge in [-0.25, -0.2) is 22.1 Å². The van der Waals surface area contributed by atoms with Gasteiger partial charge < -0.3 is 16.0 Å². The summed E-state index contributed by atoms with van der Waals surface area (Å²) in [6.45, 7) is 6.20. The Labute approximate surface area is 189 Å². The number of nitrogens with zero attached hydrogens (tertiary/aromatic N) is 3. The number of sulfonamides is 1. The molecule has 2 aliphatic rings. The Morgan fingerprint density at radius 1 is 1.25 bits per heavy atom. The Kier molecular flexibility index (Phi) is 6.64. The number of nitrogens with one attached hydrogen (secondary N) is 3. The Bertz CT molecular complexity index is 1070.